The van der Waals surface area contributed by atoms with Crippen LogP contribution in [-0.4, -0.2) is 18.6 Å². The maximum atomic E-state index is 5.22. The highest BCUT2D eigenvalue weighted by atomic mass is 16.5. The molecule has 1 atom stereocenters. The zero-order valence-electron chi connectivity index (χ0n) is 12.6. The second-order valence-corrected chi connectivity index (χ2v) is 4.98. The zero-order valence-corrected chi connectivity index (χ0v) is 12.6. The molecule has 1 aromatic carbocycles. The summed E-state index contributed by atoms with van der Waals surface area (Å²) in [6, 6.07) is 10.5. The summed E-state index contributed by atoms with van der Waals surface area (Å²) >= 11 is 0. The van der Waals surface area contributed by atoms with Crippen LogP contribution in [-0.2, 0) is 0 Å². The second kappa shape index (κ2) is 6.53. The summed E-state index contributed by atoms with van der Waals surface area (Å²) in [7, 11) is 1.68. The molecule has 0 saturated heterocycles. The van der Waals surface area contributed by atoms with Crippen LogP contribution in [0, 0.1) is 13.8 Å². The summed E-state index contributed by atoms with van der Waals surface area (Å²) in [5, 5.41) is 3.51. The molecule has 0 radical (unpaired) electrons. The van der Waals surface area contributed by atoms with Crippen LogP contribution in [0.3, 0.4) is 0 Å². The van der Waals surface area contributed by atoms with Gasteiger partial charge in [0.25, 0.3) is 0 Å². The van der Waals surface area contributed by atoms with Gasteiger partial charge in [-0.25, -0.2) is 0 Å². The molecule has 2 aromatic rings. The van der Waals surface area contributed by atoms with Crippen LogP contribution in [0.5, 0.6) is 5.75 Å². The quantitative estimate of drug-likeness (QED) is 0.904. The van der Waals surface area contributed by atoms with Crippen LogP contribution in [0.4, 0.5) is 0 Å². The molecule has 2 rings (SSSR count). The van der Waals surface area contributed by atoms with E-state index in [1.807, 2.05) is 18.3 Å². The molecule has 0 amide bonds. The molecule has 1 N–H and O–H groups in total. The number of nitrogens with zero attached hydrogens (tertiary/aromatic N) is 1. The van der Waals surface area contributed by atoms with Crippen LogP contribution in [0.1, 0.15) is 35.3 Å². The standard InChI is InChI=1S/C17H22N2O/c1-5-18-17(14-6-8-15(20-4)9-7-14)16-13(3)10-12(2)11-19-16/h6-11,17-18H,5H2,1-4H3. The Morgan fingerprint density at radius 1 is 1.20 bits per heavy atom. The number of methoxy groups -OCH3 is 1. The Hall–Kier alpha value is -1.87. The van der Waals surface area contributed by atoms with Crippen LogP contribution < -0.4 is 10.1 Å². The molecule has 0 aliphatic rings. The topological polar surface area (TPSA) is 34.1 Å². The van der Waals surface area contributed by atoms with Gasteiger partial charge in [-0.1, -0.05) is 25.1 Å². The van der Waals surface area contributed by atoms with Crippen LogP contribution in [0.25, 0.3) is 0 Å². The summed E-state index contributed by atoms with van der Waals surface area (Å²) in [4.78, 5) is 4.62. The minimum atomic E-state index is 0.117. The van der Waals surface area contributed by atoms with Gasteiger partial charge in [0.1, 0.15) is 5.75 Å². The average Bonchev–Trinajstić information content (AvgIpc) is 2.46. The number of ether oxygens (including phenoxy) is 1. The lowest BCUT2D eigenvalue weighted by atomic mass is 9.99. The number of pyridine rings is 1. The summed E-state index contributed by atoms with van der Waals surface area (Å²) < 4.78 is 5.22. The van der Waals surface area contributed by atoms with Gasteiger partial charge in [-0.05, 0) is 49.2 Å². The molecule has 0 bridgehead atoms. The normalized spacial score (nSPS) is 12.2. The van der Waals surface area contributed by atoms with Crippen molar-refractivity contribution in [3.05, 3.63) is 58.9 Å². The number of aromatic nitrogens is 1. The lowest BCUT2D eigenvalue weighted by Gasteiger charge is -2.20. The molecule has 0 fully saturated rings. The second-order valence-electron chi connectivity index (χ2n) is 4.98. The van der Waals surface area contributed by atoms with E-state index in [2.05, 4.69) is 49.3 Å². The van der Waals surface area contributed by atoms with E-state index in [0.29, 0.717) is 0 Å². The van der Waals surface area contributed by atoms with Crippen molar-refractivity contribution >= 4 is 0 Å². The lowest BCUT2D eigenvalue weighted by Crippen LogP contribution is -2.23. The predicted octanol–water partition coefficient (Wildman–Crippen LogP) is 3.41. The number of rotatable bonds is 5. The van der Waals surface area contributed by atoms with Crippen molar-refractivity contribution in [3.63, 3.8) is 0 Å². The van der Waals surface area contributed by atoms with Crippen molar-refractivity contribution < 1.29 is 4.74 Å². The third kappa shape index (κ3) is 3.17. The van der Waals surface area contributed by atoms with Crippen molar-refractivity contribution in [2.24, 2.45) is 0 Å². The summed E-state index contributed by atoms with van der Waals surface area (Å²) in [6.07, 6.45) is 1.93. The molecule has 106 valence electrons. The van der Waals surface area contributed by atoms with Gasteiger partial charge < -0.3 is 10.1 Å². The van der Waals surface area contributed by atoms with E-state index in [1.54, 1.807) is 7.11 Å². The molecule has 0 aliphatic heterocycles. The zero-order chi connectivity index (χ0) is 14.5. The van der Waals surface area contributed by atoms with E-state index in [0.717, 1.165) is 18.0 Å². The Morgan fingerprint density at radius 3 is 2.45 bits per heavy atom. The molecular weight excluding hydrogens is 248 g/mol. The van der Waals surface area contributed by atoms with Gasteiger partial charge in [-0.3, -0.25) is 4.98 Å². The van der Waals surface area contributed by atoms with Crippen LogP contribution in [0.2, 0.25) is 0 Å². The minimum Gasteiger partial charge on any atom is -0.497 e. The fraction of sp³-hybridized carbons (Fsp3) is 0.353. The SMILES string of the molecule is CCNC(c1ccc(OC)cc1)c1ncc(C)cc1C. The highest BCUT2D eigenvalue weighted by molar-refractivity contribution is 5.36. The summed E-state index contributed by atoms with van der Waals surface area (Å²) in [5.41, 5.74) is 4.69. The van der Waals surface area contributed by atoms with E-state index in [9.17, 15) is 0 Å². The third-order valence-corrected chi connectivity index (χ3v) is 3.39. The van der Waals surface area contributed by atoms with Crippen molar-refractivity contribution in [2.75, 3.05) is 13.7 Å². The summed E-state index contributed by atoms with van der Waals surface area (Å²) in [6.45, 7) is 7.19. The van der Waals surface area contributed by atoms with E-state index < -0.39 is 0 Å². The fourth-order valence-corrected chi connectivity index (χ4v) is 2.40. The highest BCUT2D eigenvalue weighted by Gasteiger charge is 2.16. The highest BCUT2D eigenvalue weighted by Crippen LogP contribution is 2.25. The number of hydrogen-bond acceptors (Lipinski definition) is 3. The Kier molecular flexibility index (Phi) is 4.74. The number of nitrogens with one attached hydrogen (secondary N) is 1. The molecule has 1 heterocycles. The Morgan fingerprint density at radius 2 is 1.90 bits per heavy atom. The maximum Gasteiger partial charge on any atom is 0.118 e. The molecule has 0 spiro atoms. The molecule has 0 saturated carbocycles. The van der Waals surface area contributed by atoms with Gasteiger partial charge in [0, 0.05) is 6.20 Å². The Bertz CT molecular complexity index is 564. The van der Waals surface area contributed by atoms with Gasteiger partial charge in [0.05, 0.1) is 18.8 Å². The molecule has 1 unspecified atom stereocenters. The van der Waals surface area contributed by atoms with Crippen molar-refractivity contribution in [1.82, 2.24) is 10.3 Å². The predicted molar refractivity (Wildman–Crippen MR) is 82.2 cm³/mol. The Balaban J connectivity index is 2.38. The molecular formula is C17H22N2O. The average molecular weight is 270 g/mol. The van der Waals surface area contributed by atoms with Crippen molar-refractivity contribution in [3.8, 4) is 5.75 Å². The smallest absolute Gasteiger partial charge is 0.118 e. The number of benzene rings is 1. The van der Waals surface area contributed by atoms with Gasteiger partial charge in [0.2, 0.25) is 0 Å². The van der Waals surface area contributed by atoms with Gasteiger partial charge >= 0.3 is 0 Å². The number of aryl methyl sites for hydroxylation is 2. The van der Waals surface area contributed by atoms with E-state index in [1.165, 1.54) is 16.7 Å². The first-order chi connectivity index (χ1) is 9.65. The van der Waals surface area contributed by atoms with Gasteiger partial charge in [-0.15, -0.1) is 0 Å². The van der Waals surface area contributed by atoms with E-state index >= 15 is 0 Å². The van der Waals surface area contributed by atoms with E-state index in [-0.39, 0.29) is 6.04 Å². The molecule has 1 aromatic heterocycles. The first kappa shape index (κ1) is 14.5. The molecule has 0 aliphatic carbocycles. The molecule has 20 heavy (non-hydrogen) atoms. The summed E-state index contributed by atoms with van der Waals surface area (Å²) in [5.74, 6) is 0.873. The first-order valence-electron chi connectivity index (χ1n) is 6.96. The van der Waals surface area contributed by atoms with Crippen molar-refractivity contribution in [2.45, 2.75) is 26.8 Å². The monoisotopic (exact) mass is 270 g/mol. The van der Waals surface area contributed by atoms with E-state index in [4.69, 9.17) is 4.74 Å². The third-order valence-electron chi connectivity index (χ3n) is 3.39. The van der Waals surface area contributed by atoms with Gasteiger partial charge in [0.15, 0.2) is 0 Å². The Labute approximate surface area is 121 Å². The maximum absolute atomic E-state index is 5.22. The first-order valence-corrected chi connectivity index (χ1v) is 6.96. The van der Waals surface area contributed by atoms with Crippen LogP contribution >= 0.6 is 0 Å². The van der Waals surface area contributed by atoms with Gasteiger partial charge in [-0.2, -0.15) is 0 Å². The van der Waals surface area contributed by atoms with Crippen LogP contribution in [0.15, 0.2) is 36.5 Å². The van der Waals surface area contributed by atoms with Crippen molar-refractivity contribution in [1.29, 1.82) is 0 Å². The molecule has 3 heteroatoms. The number of hydrogen-bond donors (Lipinski definition) is 1. The fourth-order valence-electron chi connectivity index (χ4n) is 2.40. The minimum absolute atomic E-state index is 0.117. The largest absolute Gasteiger partial charge is 0.497 e. The lowest BCUT2D eigenvalue weighted by molar-refractivity contribution is 0.414. The molecule has 3 nitrogen and oxygen atoms in total.